The van der Waals surface area contributed by atoms with Crippen LogP contribution in [0.4, 0.5) is 5.95 Å². The topological polar surface area (TPSA) is 54.7 Å². The third-order valence-electron chi connectivity index (χ3n) is 0.564. The number of nitrogens with zero attached hydrogens (tertiary/aromatic N) is 1. The number of hydrogen-bond donors (Lipinski definition) is 2. The van der Waals surface area contributed by atoms with Crippen LogP contribution in [0.3, 0.4) is 0 Å². The molecule has 1 aromatic heterocycles. The van der Waals surface area contributed by atoms with Crippen LogP contribution in [-0.2, 0) is 0 Å². The third kappa shape index (κ3) is 0.838. The molecule has 4 heteroatoms. The van der Waals surface area contributed by atoms with E-state index in [9.17, 15) is 0 Å². The second-order valence-corrected chi connectivity index (χ2v) is 1.52. The lowest BCUT2D eigenvalue weighted by molar-refractivity contribution is 1.33. The summed E-state index contributed by atoms with van der Waals surface area (Å²) in [5.74, 6) is 0.352. The summed E-state index contributed by atoms with van der Waals surface area (Å²) in [6, 6.07) is 0. The van der Waals surface area contributed by atoms with E-state index in [1.54, 1.807) is 0 Å². The molecule has 1 heterocycles. The Balaban J connectivity index is 3.04. The minimum absolute atomic E-state index is 0.352. The molecule has 1 aromatic rings. The van der Waals surface area contributed by atoms with E-state index >= 15 is 0 Å². The maximum Gasteiger partial charge on any atom is 0.198 e. The molecule has 0 fully saturated rings. The van der Waals surface area contributed by atoms with Crippen LogP contribution in [0.15, 0.2) is 6.20 Å². The largest absolute Gasteiger partial charge is 0.369 e. The Morgan fingerprint density at radius 1 is 1.86 bits per heavy atom. The van der Waals surface area contributed by atoms with E-state index in [0.29, 0.717) is 11.1 Å². The Morgan fingerprint density at radius 2 is 2.57 bits per heavy atom. The van der Waals surface area contributed by atoms with E-state index in [-0.39, 0.29) is 0 Å². The summed E-state index contributed by atoms with van der Waals surface area (Å²) < 4.78 is 0. The standard InChI is InChI=1S/C3H4ClN3/c4-2-1-6-3(5)7-2/h1H,(H3,5,6,7). The van der Waals surface area contributed by atoms with Crippen LogP contribution >= 0.6 is 11.6 Å². The first kappa shape index (κ1) is 4.46. The number of aromatic amines is 1. The average molecular weight is 118 g/mol. The van der Waals surface area contributed by atoms with E-state index in [2.05, 4.69) is 9.97 Å². The molecule has 7 heavy (non-hydrogen) atoms. The van der Waals surface area contributed by atoms with Crippen LogP contribution < -0.4 is 5.73 Å². The van der Waals surface area contributed by atoms with Gasteiger partial charge in [-0.05, 0) is 0 Å². The highest BCUT2D eigenvalue weighted by Gasteiger charge is 1.86. The van der Waals surface area contributed by atoms with Crippen LogP contribution in [0.5, 0.6) is 0 Å². The van der Waals surface area contributed by atoms with Gasteiger partial charge in [0.15, 0.2) is 5.95 Å². The van der Waals surface area contributed by atoms with Gasteiger partial charge < -0.3 is 10.7 Å². The average Bonchev–Trinajstić information content (AvgIpc) is 1.87. The summed E-state index contributed by atoms with van der Waals surface area (Å²) >= 11 is 5.36. The van der Waals surface area contributed by atoms with E-state index in [1.807, 2.05) is 0 Å². The minimum atomic E-state index is 0.352. The monoisotopic (exact) mass is 117 g/mol. The Labute approximate surface area is 45.5 Å². The number of nitrogen functional groups attached to an aromatic ring is 1. The second-order valence-electron chi connectivity index (χ2n) is 1.12. The smallest absolute Gasteiger partial charge is 0.198 e. The number of nitrogens with two attached hydrogens (primary N) is 1. The van der Waals surface area contributed by atoms with Crippen molar-refractivity contribution in [3.8, 4) is 0 Å². The van der Waals surface area contributed by atoms with Crippen LogP contribution in [0.25, 0.3) is 0 Å². The maximum atomic E-state index is 5.36. The maximum absolute atomic E-state index is 5.36. The molecule has 0 aliphatic heterocycles. The van der Waals surface area contributed by atoms with Gasteiger partial charge in [0.2, 0.25) is 0 Å². The van der Waals surface area contributed by atoms with E-state index in [0.717, 1.165) is 0 Å². The van der Waals surface area contributed by atoms with Crippen molar-refractivity contribution >= 4 is 17.5 Å². The number of rotatable bonds is 0. The van der Waals surface area contributed by atoms with Crippen molar-refractivity contribution < 1.29 is 0 Å². The normalized spacial score (nSPS) is 9.29. The molecule has 3 nitrogen and oxygen atoms in total. The van der Waals surface area contributed by atoms with Gasteiger partial charge in [-0.15, -0.1) is 0 Å². The first-order valence-electron chi connectivity index (χ1n) is 1.75. The number of aromatic nitrogens is 2. The van der Waals surface area contributed by atoms with Crippen LogP contribution in [0.1, 0.15) is 0 Å². The van der Waals surface area contributed by atoms with Crippen molar-refractivity contribution in [2.75, 3.05) is 5.73 Å². The summed E-state index contributed by atoms with van der Waals surface area (Å²) in [6.45, 7) is 0. The summed E-state index contributed by atoms with van der Waals surface area (Å²) in [7, 11) is 0. The highest BCUT2D eigenvalue weighted by atomic mass is 35.5. The van der Waals surface area contributed by atoms with Gasteiger partial charge in [-0.3, -0.25) is 0 Å². The van der Waals surface area contributed by atoms with E-state index in [1.165, 1.54) is 6.20 Å². The van der Waals surface area contributed by atoms with E-state index < -0.39 is 0 Å². The van der Waals surface area contributed by atoms with Gasteiger partial charge in [0.1, 0.15) is 5.15 Å². The molecule has 0 saturated heterocycles. The van der Waals surface area contributed by atoms with Crippen LogP contribution in [-0.4, -0.2) is 9.97 Å². The molecule has 0 atom stereocenters. The number of hydrogen-bond acceptors (Lipinski definition) is 2. The molecule has 0 spiro atoms. The zero-order valence-electron chi connectivity index (χ0n) is 3.48. The molecule has 0 aliphatic rings. The van der Waals surface area contributed by atoms with E-state index in [4.69, 9.17) is 17.3 Å². The highest BCUT2D eigenvalue weighted by molar-refractivity contribution is 6.29. The zero-order valence-corrected chi connectivity index (χ0v) is 4.24. The SMILES string of the molecule is Nc1ncc(Cl)[nH]1. The second kappa shape index (κ2) is 1.42. The summed E-state index contributed by atoms with van der Waals surface area (Å²) in [5, 5.41) is 0.470. The lowest BCUT2D eigenvalue weighted by Crippen LogP contribution is -1.83. The Morgan fingerprint density at radius 3 is 2.71 bits per heavy atom. The fourth-order valence-electron chi connectivity index (χ4n) is 0.313. The molecule has 0 bridgehead atoms. The van der Waals surface area contributed by atoms with Gasteiger partial charge in [0.05, 0.1) is 6.20 Å². The lowest BCUT2D eigenvalue weighted by Gasteiger charge is -1.73. The number of H-pyrrole nitrogens is 1. The van der Waals surface area contributed by atoms with Crippen molar-refractivity contribution in [1.29, 1.82) is 0 Å². The molecule has 3 N–H and O–H groups in total. The highest BCUT2D eigenvalue weighted by Crippen LogP contribution is 2.02. The van der Waals surface area contributed by atoms with Gasteiger partial charge in [-0.1, -0.05) is 11.6 Å². The number of imidazole rings is 1. The molecule has 0 unspecified atom stereocenters. The Hall–Kier alpha value is -0.700. The third-order valence-corrected chi connectivity index (χ3v) is 0.757. The van der Waals surface area contributed by atoms with Crippen molar-refractivity contribution in [3.05, 3.63) is 11.3 Å². The van der Waals surface area contributed by atoms with Gasteiger partial charge >= 0.3 is 0 Å². The molecule has 0 saturated carbocycles. The van der Waals surface area contributed by atoms with Crippen molar-refractivity contribution in [2.45, 2.75) is 0 Å². The predicted octanol–water partition coefficient (Wildman–Crippen LogP) is 0.645. The lowest BCUT2D eigenvalue weighted by atomic mass is 11.0. The first-order valence-corrected chi connectivity index (χ1v) is 2.13. The van der Waals surface area contributed by atoms with Crippen molar-refractivity contribution in [1.82, 2.24) is 9.97 Å². The van der Waals surface area contributed by atoms with Gasteiger partial charge in [0, 0.05) is 0 Å². The van der Waals surface area contributed by atoms with Gasteiger partial charge in [-0.25, -0.2) is 4.98 Å². The molecular formula is C3H4ClN3. The van der Waals surface area contributed by atoms with Gasteiger partial charge in [0.25, 0.3) is 0 Å². The fourth-order valence-corrected chi connectivity index (χ4v) is 0.459. The summed E-state index contributed by atoms with van der Waals surface area (Å²) in [6.07, 6.45) is 1.46. The number of halogens is 1. The minimum Gasteiger partial charge on any atom is -0.369 e. The molecule has 0 radical (unpaired) electrons. The Bertz CT molecular complexity index is 142. The fraction of sp³-hybridized carbons (Fsp3) is 0. The molecule has 0 amide bonds. The molecule has 1 rings (SSSR count). The zero-order chi connectivity index (χ0) is 5.28. The van der Waals surface area contributed by atoms with Gasteiger partial charge in [-0.2, -0.15) is 0 Å². The van der Waals surface area contributed by atoms with Crippen LogP contribution in [0.2, 0.25) is 5.15 Å². The molecular weight excluding hydrogens is 114 g/mol. The Kier molecular flexibility index (Phi) is 0.906. The summed E-state index contributed by atoms with van der Waals surface area (Å²) in [5.41, 5.74) is 5.13. The summed E-state index contributed by atoms with van der Waals surface area (Å²) in [4.78, 5) is 6.18. The quantitative estimate of drug-likeness (QED) is 0.524. The van der Waals surface area contributed by atoms with Crippen LogP contribution in [0, 0.1) is 0 Å². The molecule has 0 aliphatic carbocycles. The first-order chi connectivity index (χ1) is 3.29. The molecule has 38 valence electrons. The number of nitrogens with one attached hydrogen (secondary N) is 1. The predicted molar refractivity (Wildman–Crippen MR) is 28.0 cm³/mol. The van der Waals surface area contributed by atoms with Crippen molar-refractivity contribution in [2.24, 2.45) is 0 Å². The van der Waals surface area contributed by atoms with Crippen molar-refractivity contribution in [3.63, 3.8) is 0 Å². The number of anilines is 1. The molecule has 0 aromatic carbocycles.